The number of aromatic nitrogens is 2. The van der Waals surface area contributed by atoms with Gasteiger partial charge in [0.05, 0.1) is 18.0 Å². The lowest BCUT2D eigenvalue weighted by Gasteiger charge is -2.38. The van der Waals surface area contributed by atoms with E-state index in [1.807, 2.05) is 12.1 Å². The monoisotopic (exact) mass is 533 g/mol. The zero-order valence-corrected chi connectivity index (χ0v) is 20.1. The van der Waals surface area contributed by atoms with Gasteiger partial charge in [0, 0.05) is 36.0 Å². The van der Waals surface area contributed by atoms with E-state index >= 15 is 0 Å². The number of anilines is 1. The van der Waals surface area contributed by atoms with Crippen LogP contribution in [-0.2, 0) is 6.54 Å². The number of halogens is 3. The first-order valence-corrected chi connectivity index (χ1v) is 12.9. The number of nitrogens with zero attached hydrogens (tertiary/aromatic N) is 3. The van der Waals surface area contributed by atoms with Crippen molar-refractivity contribution < 1.29 is 31.5 Å². The van der Waals surface area contributed by atoms with Crippen molar-refractivity contribution in [2.75, 3.05) is 16.6 Å². The summed E-state index contributed by atoms with van der Waals surface area (Å²) in [5.41, 5.74) is 2.77. The van der Waals surface area contributed by atoms with E-state index in [4.69, 9.17) is 4.52 Å². The summed E-state index contributed by atoms with van der Waals surface area (Å²) in [4.78, 5) is 12.5. The lowest BCUT2D eigenvalue weighted by atomic mass is 10.1. The topological polar surface area (TPSA) is 101 Å². The van der Waals surface area contributed by atoms with E-state index in [2.05, 4.69) is 9.89 Å². The first kappa shape index (κ1) is 24.9. The molecule has 0 spiro atoms. The Hall–Kier alpha value is -3.74. The molecule has 12 heteroatoms. The second-order valence-corrected chi connectivity index (χ2v) is 10.6. The molecule has 0 atom stereocenters. The molecule has 0 saturated carbocycles. The molecule has 2 N–H and O–H groups in total. The van der Waals surface area contributed by atoms with Crippen molar-refractivity contribution in [3.63, 3.8) is 0 Å². The van der Waals surface area contributed by atoms with Crippen molar-refractivity contribution in [2.45, 2.75) is 19.3 Å². The number of hydrogen-bond donors (Lipinski definition) is 2. The molecular formula is C25H22F3N3O5S. The van der Waals surface area contributed by atoms with Crippen LogP contribution in [0.25, 0.3) is 22.6 Å². The number of alkyl halides is 3. The predicted octanol–water partition coefficient (Wildman–Crippen LogP) is 5.99. The second-order valence-electron chi connectivity index (χ2n) is 8.49. The average Bonchev–Trinajstić information content (AvgIpc) is 3.47. The van der Waals surface area contributed by atoms with Gasteiger partial charge < -0.3 is 13.8 Å². The third-order valence-electron chi connectivity index (χ3n) is 5.85. The highest BCUT2D eigenvalue weighted by Crippen LogP contribution is 2.50. The SMILES string of the molecule is O=c1ccc(-c2cc(-c3ccc(OC(F)(F)F)cc3)no2)cn1Cc1cccc(N2CCCS2(O)O)c1. The van der Waals surface area contributed by atoms with Gasteiger partial charge in [-0.3, -0.25) is 18.2 Å². The van der Waals surface area contributed by atoms with E-state index in [9.17, 15) is 27.1 Å². The number of benzene rings is 2. The van der Waals surface area contributed by atoms with Crippen molar-refractivity contribution in [2.24, 2.45) is 0 Å². The maximum Gasteiger partial charge on any atom is 0.573 e. The van der Waals surface area contributed by atoms with E-state index < -0.39 is 17.1 Å². The van der Waals surface area contributed by atoms with Crippen LogP contribution in [-0.4, -0.2) is 37.5 Å². The summed E-state index contributed by atoms with van der Waals surface area (Å²) in [7, 11) is -2.82. The minimum Gasteiger partial charge on any atom is -0.406 e. The van der Waals surface area contributed by atoms with Crippen LogP contribution in [0.3, 0.4) is 0 Å². The van der Waals surface area contributed by atoms with Gasteiger partial charge in [0.2, 0.25) is 0 Å². The maximum atomic E-state index is 12.5. The third kappa shape index (κ3) is 5.66. The molecule has 8 nitrogen and oxygen atoms in total. The Labute approximate surface area is 211 Å². The van der Waals surface area contributed by atoms with Crippen LogP contribution in [0.2, 0.25) is 0 Å². The fourth-order valence-corrected chi connectivity index (χ4v) is 5.75. The van der Waals surface area contributed by atoms with Gasteiger partial charge in [-0.2, -0.15) is 0 Å². The van der Waals surface area contributed by atoms with E-state index in [-0.39, 0.29) is 17.9 Å². The summed E-state index contributed by atoms with van der Waals surface area (Å²) < 4.78 is 70.1. The van der Waals surface area contributed by atoms with Crippen molar-refractivity contribution in [3.05, 3.63) is 88.8 Å². The van der Waals surface area contributed by atoms with Crippen LogP contribution in [0.1, 0.15) is 12.0 Å². The van der Waals surface area contributed by atoms with E-state index in [1.165, 1.54) is 34.9 Å². The predicted molar refractivity (Wildman–Crippen MR) is 134 cm³/mol. The number of rotatable bonds is 6. The Morgan fingerprint density at radius 2 is 1.78 bits per heavy atom. The van der Waals surface area contributed by atoms with Crippen molar-refractivity contribution in [1.29, 1.82) is 0 Å². The van der Waals surface area contributed by atoms with Crippen LogP contribution in [0.5, 0.6) is 5.75 Å². The van der Waals surface area contributed by atoms with Gasteiger partial charge in [0.25, 0.3) is 5.56 Å². The Bertz CT molecular complexity index is 1470. The first-order valence-electron chi connectivity index (χ1n) is 11.2. The Morgan fingerprint density at radius 3 is 2.49 bits per heavy atom. The molecule has 1 aliphatic rings. The largest absolute Gasteiger partial charge is 0.573 e. The zero-order valence-electron chi connectivity index (χ0n) is 19.3. The smallest absolute Gasteiger partial charge is 0.406 e. The molecule has 0 unspecified atom stereocenters. The maximum absolute atomic E-state index is 12.5. The van der Waals surface area contributed by atoms with Crippen LogP contribution in [0.15, 0.2) is 82.2 Å². The van der Waals surface area contributed by atoms with Crippen LogP contribution < -0.4 is 14.6 Å². The molecule has 5 rings (SSSR count). The molecule has 2 aromatic carbocycles. The third-order valence-corrected chi connectivity index (χ3v) is 7.78. The van der Waals surface area contributed by atoms with Crippen LogP contribution in [0.4, 0.5) is 18.9 Å². The van der Waals surface area contributed by atoms with Gasteiger partial charge in [-0.1, -0.05) is 17.3 Å². The molecule has 37 heavy (non-hydrogen) atoms. The molecule has 1 saturated heterocycles. The fraction of sp³-hybridized carbons (Fsp3) is 0.200. The Kier molecular flexibility index (Phi) is 6.48. The number of pyridine rings is 1. The molecule has 1 aliphatic heterocycles. The van der Waals surface area contributed by atoms with Gasteiger partial charge >= 0.3 is 6.36 Å². The van der Waals surface area contributed by atoms with E-state index in [0.29, 0.717) is 47.0 Å². The highest BCUT2D eigenvalue weighted by molar-refractivity contribution is 8.25. The van der Waals surface area contributed by atoms with Crippen LogP contribution in [0, 0.1) is 0 Å². The highest BCUT2D eigenvalue weighted by atomic mass is 32.3. The highest BCUT2D eigenvalue weighted by Gasteiger charge is 2.31. The molecule has 0 aliphatic carbocycles. The van der Waals surface area contributed by atoms with Gasteiger partial charge in [-0.15, -0.1) is 23.9 Å². The summed E-state index contributed by atoms with van der Waals surface area (Å²) in [6.07, 6.45) is -2.45. The summed E-state index contributed by atoms with van der Waals surface area (Å²) in [6.45, 7) is 0.794. The van der Waals surface area contributed by atoms with Crippen molar-refractivity contribution in [3.8, 4) is 28.3 Å². The van der Waals surface area contributed by atoms with E-state index in [1.54, 1.807) is 34.8 Å². The second kappa shape index (κ2) is 9.61. The number of ether oxygens (including phenoxy) is 1. The standard InChI is InChI=1S/C25H22F3N3O5S/c26-25(27,28)35-21-8-5-18(6-9-21)22-14-23(36-29-22)19-7-10-24(32)30(16-19)15-17-3-1-4-20(13-17)31-11-2-12-37(31,33)34/h1,3-10,13-14,16,33-34H,2,11-12,15H2. The lowest BCUT2D eigenvalue weighted by Crippen LogP contribution is -2.22. The molecule has 2 aromatic heterocycles. The molecule has 0 amide bonds. The fourth-order valence-electron chi connectivity index (χ4n) is 4.14. The van der Waals surface area contributed by atoms with Crippen molar-refractivity contribution >= 4 is 16.5 Å². The quantitative estimate of drug-likeness (QED) is 0.314. The summed E-state index contributed by atoms with van der Waals surface area (Å²) >= 11 is 0. The van der Waals surface area contributed by atoms with Gasteiger partial charge in [-0.05, 0) is 54.4 Å². The van der Waals surface area contributed by atoms with E-state index in [0.717, 1.165) is 5.56 Å². The van der Waals surface area contributed by atoms with Gasteiger partial charge in [0.15, 0.2) is 5.76 Å². The molecule has 3 heterocycles. The Balaban J connectivity index is 1.36. The summed E-state index contributed by atoms with van der Waals surface area (Å²) in [5, 5.41) is 4.00. The molecule has 0 radical (unpaired) electrons. The zero-order chi connectivity index (χ0) is 26.2. The normalized spacial score (nSPS) is 16.1. The van der Waals surface area contributed by atoms with Gasteiger partial charge in [0.1, 0.15) is 11.4 Å². The number of hydrogen-bond acceptors (Lipinski definition) is 7. The molecule has 4 aromatic rings. The van der Waals surface area contributed by atoms with Crippen molar-refractivity contribution in [1.82, 2.24) is 9.72 Å². The molecule has 194 valence electrons. The molecule has 1 fully saturated rings. The minimum absolute atomic E-state index is 0.236. The molecule has 0 bridgehead atoms. The molecular weight excluding hydrogens is 511 g/mol. The Morgan fingerprint density at radius 1 is 1.03 bits per heavy atom. The lowest BCUT2D eigenvalue weighted by molar-refractivity contribution is -0.274. The van der Waals surface area contributed by atoms with Crippen LogP contribution >= 0.6 is 10.8 Å². The van der Waals surface area contributed by atoms with Gasteiger partial charge in [-0.25, -0.2) is 0 Å². The average molecular weight is 534 g/mol. The minimum atomic E-state index is -4.77. The summed E-state index contributed by atoms with van der Waals surface area (Å²) in [6, 6.07) is 17.2. The summed E-state index contributed by atoms with van der Waals surface area (Å²) in [5.74, 6) is 0.369. The first-order chi connectivity index (χ1) is 17.6.